The lowest BCUT2D eigenvalue weighted by Crippen LogP contribution is -2.42. The maximum atomic E-state index is 11.9. The van der Waals surface area contributed by atoms with Crippen LogP contribution in [0.5, 0.6) is 0 Å². The molecular formula is C12H16N2O. The SMILES string of the molecule is CC[C@H](N)C(=O)N1CCc2ccccc21. The molecule has 0 aliphatic carbocycles. The third-order valence-electron chi connectivity index (χ3n) is 2.91. The smallest absolute Gasteiger partial charge is 0.243 e. The minimum atomic E-state index is -0.365. The molecule has 1 aromatic carbocycles. The molecule has 0 saturated heterocycles. The van der Waals surface area contributed by atoms with Crippen molar-refractivity contribution >= 4 is 11.6 Å². The van der Waals surface area contributed by atoms with E-state index < -0.39 is 0 Å². The Morgan fingerprint density at radius 2 is 2.27 bits per heavy atom. The van der Waals surface area contributed by atoms with Crippen molar-refractivity contribution in [3.63, 3.8) is 0 Å². The molecule has 1 amide bonds. The fourth-order valence-corrected chi connectivity index (χ4v) is 1.94. The van der Waals surface area contributed by atoms with Crippen molar-refractivity contribution < 1.29 is 4.79 Å². The van der Waals surface area contributed by atoms with Gasteiger partial charge in [0.05, 0.1) is 6.04 Å². The molecule has 80 valence electrons. The Bertz CT molecular complexity index is 376. The molecule has 3 heteroatoms. The molecule has 2 rings (SSSR count). The molecule has 0 bridgehead atoms. The van der Waals surface area contributed by atoms with E-state index in [4.69, 9.17) is 5.73 Å². The van der Waals surface area contributed by atoms with Crippen LogP contribution in [-0.4, -0.2) is 18.5 Å². The second kappa shape index (κ2) is 4.03. The number of fused-ring (bicyclic) bond motifs is 1. The van der Waals surface area contributed by atoms with Crippen molar-refractivity contribution in [2.45, 2.75) is 25.8 Å². The summed E-state index contributed by atoms with van der Waals surface area (Å²) in [6.45, 7) is 2.70. The molecule has 1 aliphatic rings. The van der Waals surface area contributed by atoms with E-state index in [9.17, 15) is 4.79 Å². The summed E-state index contributed by atoms with van der Waals surface area (Å²) in [7, 11) is 0. The first-order chi connectivity index (χ1) is 7.24. The van der Waals surface area contributed by atoms with Crippen LogP contribution in [0.2, 0.25) is 0 Å². The molecule has 0 saturated carbocycles. The Kier molecular flexibility index (Phi) is 2.73. The summed E-state index contributed by atoms with van der Waals surface area (Å²) in [5.41, 5.74) is 8.04. The number of hydrogen-bond donors (Lipinski definition) is 1. The largest absolute Gasteiger partial charge is 0.320 e. The van der Waals surface area contributed by atoms with E-state index in [1.54, 1.807) is 0 Å². The average Bonchev–Trinajstić information content (AvgIpc) is 2.70. The van der Waals surface area contributed by atoms with Crippen LogP contribution in [0.1, 0.15) is 18.9 Å². The third kappa shape index (κ3) is 1.75. The van der Waals surface area contributed by atoms with E-state index in [0.717, 1.165) is 18.7 Å². The Morgan fingerprint density at radius 3 is 3.00 bits per heavy atom. The van der Waals surface area contributed by atoms with Crippen molar-refractivity contribution in [1.82, 2.24) is 0 Å². The van der Waals surface area contributed by atoms with Crippen molar-refractivity contribution in [3.05, 3.63) is 29.8 Å². The van der Waals surface area contributed by atoms with Crippen LogP contribution in [0.4, 0.5) is 5.69 Å². The van der Waals surface area contributed by atoms with E-state index >= 15 is 0 Å². The van der Waals surface area contributed by atoms with Gasteiger partial charge in [0.1, 0.15) is 0 Å². The quantitative estimate of drug-likeness (QED) is 0.789. The van der Waals surface area contributed by atoms with Crippen molar-refractivity contribution in [2.75, 3.05) is 11.4 Å². The maximum absolute atomic E-state index is 11.9. The van der Waals surface area contributed by atoms with Gasteiger partial charge in [-0.15, -0.1) is 0 Å². The molecular weight excluding hydrogens is 188 g/mol. The van der Waals surface area contributed by atoms with Crippen LogP contribution in [0.15, 0.2) is 24.3 Å². The van der Waals surface area contributed by atoms with Crippen molar-refractivity contribution in [1.29, 1.82) is 0 Å². The zero-order valence-electron chi connectivity index (χ0n) is 8.94. The van der Waals surface area contributed by atoms with Crippen molar-refractivity contribution in [3.8, 4) is 0 Å². The summed E-state index contributed by atoms with van der Waals surface area (Å²) >= 11 is 0. The van der Waals surface area contributed by atoms with E-state index in [0.29, 0.717) is 6.42 Å². The standard InChI is InChI=1S/C12H16N2O/c1-2-10(13)12(15)14-8-7-9-5-3-4-6-11(9)14/h3-6,10H,2,7-8,13H2,1H3/t10-/m0/s1. The molecule has 1 atom stereocenters. The number of rotatable bonds is 2. The number of amides is 1. The number of nitrogens with two attached hydrogens (primary N) is 1. The van der Waals surface area contributed by atoms with Crippen LogP contribution in [-0.2, 0) is 11.2 Å². The normalized spacial score (nSPS) is 16.3. The Labute approximate surface area is 89.9 Å². The maximum Gasteiger partial charge on any atom is 0.243 e. The van der Waals surface area contributed by atoms with Gasteiger partial charge in [-0.25, -0.2) is 0 Å². The molecule has 1 aliphatic heterocycles. The second-order valence-electron chi connectivity index (χ2n) is 3.88. The highest BCUT2D eigenvalue weighted by Gasteiger charge is 2.26. The molecule has 0 spiro atoms. The first kappa shape index (κ1) is 10.2. The van der Waals surface area contributed by atoms with E-state index in [-0.39, 0.29) is 11.9 Å². The minimum Gasteiger partial charge on any atom is -0.320 e. The van der Waals surface area contributed by atoms with Crippen LogP contribution in [0.25, 0.3) is 0 Å². The molecule has 1 heterocycles. The fraction of sp³-hybridized carbons (Fsp3) is 0.417. The number of carbonyl (C=O) groups is 1. The summed E-state index contributed by atoms with van der Waals surface area (Å²) in [6, 6.07) is 7.66. The predicted octanol–water partition coefficient (Wildman–Crippen LogP) is 1.31. The summed E-state index contributed by atoms with van der Waals surface area (Å²) in [6.07, 6.45) is 1.63. The average molecular weight is 204 g/mol. The molecule has 0 fully saturated rings. The van der Waals surface area contributed by atoms with Gasteiger partial charge in [-0.05, 0) is 24.5 Å². The summed E-state index contributed by atoms with van der Waals surface area (Å²) in [4.78, 5) is 13.7. The predicted molar refractivity (Wildman–Crippen MR) is 60.8 cm³/mol. The number of anilines is 1. The molecule has 2 N–H and O–H groups in total. The molecule has 1 aromatic rings. The molecule has 15 heavy (non-hydrogen) atoms. The molecule has 3 nitrogen and oxygen atoms in total. The number of nitrogens with zero attached hydrogens (tertiary/aromatic N) is 1. The Morgan fingerprint density at radius 1 is 1.53 bits per heavy atom. The van der Waals surface area contributed by atoms with Gasteiger partial charge in [-0.1, -0.05) is 25.1 Å². The van der Waals surface area contributed by atoms with Crippen LogP contribution in [0.3, 0.4) is 0 Å². The highest BCUT2D eigenvalue weighted by atomic mass is 16.2. The number of para-hydroxylation sites is 1. The highest BCUT2D eigenvalue weighted by molar-refractivity contribution is 5.98. The summed E-state index contributed by atoms with van der Waals surface area (Å²) < 4.78 is 0. The fourth-order valence-electron chi connectivity index (χ4n) is 1.94. The van der Waals surface area contributed by atoms with Gasteiger partial charge < -0.3 is 10.6 Å². The first-order valence-corrected chi connectivity index (χ1v) is 5.39. The lowest BCUT2D eigenvalue weighted by Gasteiger charge is -2.20. The van der Waals surface area contributed by atoms with Gasteiger partial charge >= 0.3 is 0 Å². The van der Waals surface area contributed by atoms with E-state index in [1.165, 1.54) is 5.56 Å². The van der Waals surface area contributed by atoms with Crippen molar-refractivity contribution in [2.24, 2.45) is 5.73 Å². The number of benzene rings is 1. The second-order valence-corrected chi connectivity index (χ2v) is 3.88. The third-order valence-corrected chi connectivity index (χ3v) is 2.91. The number of carbonyl (C=O) groups excluding carboxylic acids is 1. The van der Waals surface area contributed by atoms with Crippen LogP contribution < -0.4 is 10.6 Å². The van der Waals surface area contributed by atoms with Crippen LogP contribution >= 0.6 is 0 Å². The van der Waals surface area contributed by atoms with Gasteiger partial charge in [-0.3, -0.25) is 4.79 Å². The van der Waals surface area contributed by atoms with Gasteiger partial charge in [0.25, 0.3) is 0 Å². The Balaban J connectivity index is 2.24. The lowest BCUT2D eigenvalue weighted by molar-refractivity contribution is -0.119. The molecule has 0 radical (unpaired) electrons. The minimum absolute atomic E-state index is 0.0439. The topological polar surface area (TPSA) is 46.3 Å². The van der Waals surface area contributed by atoms with E-state index in [2.05, 4.69) is 6.07 Å². The Hall–Kier alpha value is -1.35. The number of hydrogen-bond acceptors (Lipinski definition) is 2. The zero-order valence-corrected chi connectivity index (χ0v) is 8.94. The monoisotopic (exact) mass is 204 g/mol. The molecule has 0 aromatic heterocycles. The first-order valence-electron chi connectivity index (χ1n) is 5.39. The highest BCUT2D eigenvalue weighted by Crippen LogP contribution is 2.27. The van der Waals surface area contributed by atoms with Gasteiger partial charge in [0.2, 0.25) is 5.91 Å². The van der Waals surface area contributed by atoms with Gasteiger partial charge in [0.15, 0.2) is 0 Å². The van der Waals surface area contributed by atoms with E-state index in [1.807, 2.05) is 30.0 Å². The lowest BCUT2D eigenvalue weighted by atomic mass is 10.1. The summed E-state index contributed by atoms with van der Waals surface area (Å²) in [5.74, 6) is 0.0439. The molecule has 0 unspecified atom stereocenters. The zero-order chi connectivity index (χ0) is 10.8. The summed E-state index contributed by atoms with van der Waals surface area (Å²) in [5, 5.41) is 0. The van der Waals surface area contributed by atoms with Gasteiger partial charge in [-0.2, -0.15) is 0 Å². The van der Waals surface area contributed by atoms with Gasteiger partial charge in [0, 0.05) is 12.2 Å². The van der Waals surface area contributed by atoms with Crippen LogP contribution in [0, 0.1) is 0 Å².